The van der Waals surface area contributed by atoms with Crippen LogP contribution in [0.4, 0.5) is 0 Å². The molecule has 1 fully saturated rings. The lowest BCUT2D eigenvalue weighted by molar-refractivity contribution is 0.158. The molecule has 0 spiro atoms. The number of rotatable bonds is 5. The number of piperidine rings is 1. The smallest absolute Gasteiger partial charge is 0.0346 e. The van der Waals surface area contributed by atoms with Crippen LogP contribution in [0.1, 0.15) is 31.7 Å². The van der Waals surface area contributed by atoms with E-state index in [1.54, 1.807) is 0 Å². The van der Waals surface area contributed by atoms with E-state index in [4.69, 9.17) is 0 Å². The fourth-order valence-corrected chi connectivity index (χ4v) is 4.15. The van der Waals surface area contributed by atoms with Gasteiger partial charge in [-0.05, 0) is 54.7 Å². The highest BCUT2D eigenvalue weighted by Crippen LogP contribution is 2.27. The second kappa shape index (κ2) is 6.70. The average Bonchev–Trinajstić information content (AvgIpc) is 2.91. The molecule has 0 saturated carbocycles. The number of benzene rings is 1. The van der Waals surface area contributed by atoms with Gasteiger partial charge in [0.1, 0.15) is 0 Å². The molecule has 20 heavy (non-hydrogen) atoms. The lowest BCUT2D eigenvalue weighted by atomic mass is 10.0. The molecule has 1 unspecified atom stereocenters. The molecule has 1 aromatic carbocycles. The number of nitrogens with zero attached hydrogens (tertiary/aromatic N) is 1. The topological polar surface area (TPSA) is 15.3 Å². The molecule has 2 aromatic rings. The first kappa shape index (κ1) is 14.1. The van der Waals surface area contributed by atoms with Gasteiger partial charge in [-0.15, -0.1) is 11.3 Å². The van der Waals surface area contributed by atoms with Crippen molar-refractivity contribution >= 4 is 21.4 Å². The number of hydrogen-bond donors (Lipinski definition) is 1. The lowest BCUT2D eigenvalue weighted by Crippen LogP contribution is -2.45. The Labute approximate surface area is 125 Å². The van der Waals surface area contributed by atoms with E-state index in [2.05, 4.69) is 46.8 Å². The summed E-state index contributed by atoms with van der Waals surface area (Å²) in [6, 6.07) is 9.50. The third kappa shape index (κ3) is 3.05. The summed E-state index contributed by atoms with van der Waals surface area (Å²) in [4.78, 5) is 2.68. The van der Waals surface area contributed by atoms with Gasteiger partial charge in [-0.3, -0.25) is 4.90 Å². The summed E-state index contributed by atoms with van der Waals surface area (Å²) in [6.07, 6.45) is 3.89. The zero-order chi connectivity index (χ0) is 13.8. The molecule has 1 aliphatic rings. The fraction of sp³-hybridized carbons (Fsp3) is 0.529. The van der Waals surface area contributed by atoms with Crippen molar-refractivity contribution in [3.63, 3.8) is 0 Å². The zero-order valence-electron chi connectivity index (χ0n) is 12.3. The standard InChI is InChI=1S/C17H24N2S/c1-2-10-19(15-6-5-9-18-11-15)12-14-13-20-17-8-4-3-7-16(14)17/h3-4,7-8,13,15,18H,2,5-6,9-12H2,1H3. The SMILES string of the molecule is CCCN(Cc1csc2ccccc12)C1CCCNC1. The van der Waals surface area contributed by atoms with Crippen LogP contribution in [-0.4, -0.2) is 30.6 Å². The van der Waals surface area contributed by atoms with Crippen molar-refractivity contribution in [1.82, 2.24) is 10.2 Å². The number of hydrogen-bond acceptors (Lipinski definition) is 3. The second-order valence-electron chi connectivity index (χ2n) is 5.73. The Bertz CT molecular complexity index is 543. The van der Waals surface area contributed by atoms with Gasteiger partial charge in [-0.25, -0.2) is 0 Å². The van der Waals surface area contributed by atoms with Gasteiger partial charge in [-0.2, -0.15) is 0 Å². The average molecular weight is 288 g/mol. The van der Waals surface area contributed by atoms with Gasteiger partial charge in [0, 0.05) is 23.8 Å². The van der Waals surface area contributed by atoms with Gasteiger partial charge >= 0.3 is 0 Å². The number of nitrogens with one attached hydrogen (secondary N) is 1. The van der Waals surface area contributed by atoms with Gasteiger partial charge in [-0.1, -0.05) is 25.1 Å². The first-order chi connectivity index (χ1) is 9.88. The third-order valence-electron chi connectivity index (χ3n) is 4.23. The van der Waals surface area contributed by atoms with E-state index in [0.717, 1.165) is 13.1 Å². The molecule has 1 aromatic heterocycles. The van der Waals surface area contributed by atoms with Gasteiger partial charge in [0.25, 0.3) is 0 Å². The maximum Gasteiger partial charge on any atom is 0.0346 e. The summed E-state index contributed by atoms with van der Waals surface area (Å²) in [5, 5.41) is 7.35. The number of thiophene rings is 1. The minimum absolute atomic E-state index is 0.711. The predicted molar refractivity (Wildman–Crippen MR) is 88.4 cm³/mol. The minimum atomic E-state index is 0.711. The van der Waals surface area contributed by atoms with Crippen molar-refractivity contribution in [2.45, 2.75) is 38.8 Å². The monoisotopic (exact) mass is 288 g/mol. The Morgan fingerprint density at radius 3 is 3.05 bits per heavy atom. The maximum absolute atomic E-state index is 3.55. The summed E-state index contributed by atoms with van der Waals surface area (Å²) in [5.74, 6) is 0. The lowest BCUT2D eigenvalue weighted by Gasteiger charge is -2.34. The Morgan fingerprint density at radius 1 is 1.35 bits per heavy atom. The summed E-state index contributed by atoms with van der Waals surface area (Å²) >= 11 is 1.88. The van der Waals surface area contributed by atoms with Gasteiger partial charge < -0.3 is 5.32 Å². The minimum Gasteiger partial charge on any atom is -0.315 e. The molecule has 1 atom stereocenters. The molecule has 2 heterocycles. The van der Waals surface area contributed by atoms with E-state index in [1.807, 2.05) is 11.3 Å². The van der Waals surface area contributed by atoms with Crippen LogP contribution in [0, 0.1) is 0 Å². The van der Waals surface area contributed by atoms with Crippen LogP contribution in [0.5, 0.6) is 0 Å². The summed E-state index contributed by atoms with van der Waals surface area (Å²) in [5.41, 5.74) is 1.50. The van der Waals surface area contributed by atoms with Crippen molar-refractivity contribution in [3.8, 4) is 0 Å². The zero-order valence-corrected chi connectivity index (χ0v) is 13.1. The van der Waals surface area contributed by atoms with E-state index >= 15 is 0 Å². The first-order valence-electron chi connectivity index (χ1n) is 7.78. The highest BCUT2D eigenvalue weighted by atomic mass is 32.1. The molecule has 0 amide bonds. The molecule has 0 aliphatic carbocycles. The predicted octanol–water partition coefficient (Wildman–Crippen LogP) is 3.87. The summed E-state index contributed by atoms with van der Waals surface area (Å²) < 4.78 is 1.42. The van der Waals surface area contributed by atoms with Crippen molar-refractivity contribution in [1.29, 1.82) is 0 Å². The molecule has 108 valence electrons. The Hall–Kier alpha value is -0.900. The quantitative estimate of drug-likeness (QED) is 0.898. The molecule has 1 aliphatic heterocycles. The Kier molecular flexibility index (Phi) is 4.71. The molecule has 1 N–H and O–H groups in total. The van der Waals surface area contributed by atoms with E-state index in [1.165, 1.54) is 48.0 Å². The normalized spacial score (nSPS) is 19.8. The highest BCUT2D eigenvalue weighted by molar-refractivity contribution is 7.17. The second-order valence-corrected chi connectivity index (χ2v) is 6.64. The molecule has 0 bridgehead atoms. The molecule has 1 saturated heterocycles. The van der Waals surface area contributed by atoms with Crippen LogP contribution in [-0.2, 0) is 6.54 Å². The van der Waals surface area contributed by atoms with E-state index in [-0.39, 0.29) is 0 Å². The van der Waals surface area contributed by atoms with Crippen LogP contribution >= 0.6 is 11.3 Å². The number of fused-ring (bicyclic) bond motifs is 1. The molecule has 2 nitrogen and oxygen atoms in total. The van der Waals surface area contributed by atoms with Gasteiger partial charge in [0.05, 0.1) is 0 Å². The summed E-state index contributed by atoms with van der Waals surface area (Å²) in [7, 11) is 0. The van der Waals surface area contributed by atoms with E-state index in [9.17, 15) is 0 Å². The van der Waals surface area contributed by atoms with Crippen LogP contribution < -0.4 is 5.32 Å². The van der Waals surface area contributed by atoms with Gasteiger partial charge in [0.2, 0.25) is 0 Å². The highest BCUT2D eigenvalue weighted by Gasteiger charge is 2.21. The molecular weight excluding hydrogens is 264 g/mol. The van der Waals surface area contributed by atoms with Crippen molar-refractivity contribution in [3.05, 3.63) is 35.2 Å². The molecule has 0 radical (unpaired) electrons. The van der Waals surface area contributed by atoms with Crippen LogP contribution in [0.2, 0.25) is 0 Å². The van der Waals surface area contributed by atoms with E-state index in [0.29, 0.717) is 6.04 Å². The van der Waals surface area contributed by atoms with Crippen LogP contribution in [0.25, 0.3) is 10.1 Å². The van der Waals surface area contributed by atoms with E-state index < -0.39 is 0 Å². The molecule has 3 heteroatoms. The molecule has 3 rings (SSSR count). The summed E-state index contributed by atoms with van der Waals surface area (Å²) in [6.45, 7) is 6.94. The third-order valence-corrected chi connectivity index (χ3v) is 5.24. The van der Waals surface area contributed by atoms with Crippen LogP contribution in [0.3, 0.4) is 0 Å². The van der Waals surface area contributed by atoms with Gasteiger partial charge in [0.15, 0.2) is 0 Å². The van der Waals surface area contributed by atoms with Crippen molar-refractivity contribution < 1.29 is 0 Å². The Balaban J connectivity index is 1.78. The molecular formula is C17H24N2S. The largest absolute Gasteiger partial charge is 0.315 e. The van der Waals surface area contributed by atoms with Crippen LogP contribution in [0.15, 0.2) is 29.6 Å². The fourth-order valence-electron chi connectivity index (χ4n) is 3.20. The van der Waals surface area contributed by atoms with Crippen molar-refractivity contribution in [2.75, 3.05) is 19.6 Å². The first-order valence-corrected chi connectivity index (χ1v) is 8.66. The maximum atomic E-state index is 3.55. The van der Waals surface area contributed by atoms with Crippen molar-refractivity contribution in [2.24, 2.45) is 0 Å². The Morgan fingerprint density at radius 2 is 2.25 bits per heavy atom.